The fourth-order valence-electron chi connectivity index (χ4n) is 2.68. The van der Waals surface area contributed by atoms with E-state index in [0.29, 0.717) is 11.4 Å². The second-order valence-corrected chi connectivity index (χ2v) is 6.95. The Morgan fingerprint density at radius 3 is 2.75 bits per heavy atom. The number of hydrogen-bond donors (Lipinski definition) is 1. The number of carbonyl (C=O) groups is 1. The first-order chi connectivity index (χ1) is 13.6. The summed E-state index contributed by atoms with van der Waals surface area (Å²) in [4.78, 5) is 13.1. The Balaban J connectivity index is 1.59. The average Bonchev–Trinajstić information content (AvgIpc) is 3.29. The molecule has 1 amide bonds. The topological polar surface area (TPSA) is 81.4 Å². The Kier molecular flexibility index (Phi) is 4.86. The molecule has 0 aliphatic carbocycles. The Morgan fingerprint density at radius 2 is 2.00 bits per heavy atom. The fourth-order valence-corrected chi connectivity index (χ4v) is 3.56. The highest BCUT2D eigenvalue weighted by molar-refractivity contribution is 7.19. The molecule has 8 heteroatoms. The number of aryl methyl sites for hydroxylation is 1. The number of rotatable bonds is 5. The summed E-state index contributed by atoms with van der Waals surface area (Å²) in [7, 11) is 1.57. The fraction of sp³-hybridized carbons (Fsp3) is 0.100. The maximum Gasteiger partial charge on any atom is 0.248 e. The van der Waals surface area contributed by atoms with Gasteiger partial charge in [-0.3, -0.25) is 4.79 Å². The number of aromatic nitrogens is 4. The van der Waals surface area contributed by atoms with Crippen LogP contribution in [0.2, 0.25) is 0 Å². The van der Waals surface area contributed by atoms with Gasteiger partial charge in [-0.15, -0.1) is 10.2 Å². The molecule has 0 unspecified atom stereocenters. The van der Waals surface area contributed by atoms with Crippen molar-refractivity contribution in [2.75, 3.05) is 12.4 Å². The first kappa shape index (κ1) is 17.9. The van der Waals surface area contributed by atoms with E-state index >= 15 is 0 Å². The van der Waals surface area contributed by atoms with Crippen LogP contribution in [0.3, 0.4) is 0 Å². The molecule has 0 bridgehead atoms. The summed E-state index contributed by atoms with van der Waals surface area (Å²) in [5.74, 6) is 1.06. The first-order valence-electron chi connectivity index (χ1n) is 8.55. The predicted octanol–water partition coefficient (Wildman–Crippen LogP) is 3.82. The minimum absolute atomic E-state index is 0.242. The van der Waals surface area contributed by atoms with Crippen LogP contribution in [0.5, 0.6) is 5.75 Å². The summed E-state index contributed by atoms with van der Waals surface area (Å²) >= 11 is 1.43. The van der Waals surface area contributed by atoms with E-state index in [1.54, 1.807) is 23.8 Å². The summed E-state index contributed by atoms with van der Waals surface area (Å²) in [6.07, 6.45) is 3.26. The number of anilines is 1. The van der Waals surface area contributed by atoms with E-state index in [9.17, 15) is 4.79 Å². The van der Waals surface area contributed by atoms with Gasteiger partial charge in [0.1, 0.15) is 10.8 Å². The number of fused-ring (bicyclic) bond motifs is 1. The zero-order valence-electron chi connectivity index (χ0n) is 15.3. The average molecular weight is 391 g/mol. The van der Waals surface area contributed by atoms with Crippen molar-refractivity contribution in [1.29, 1.82) is 0 Å². The number of nitrogens with one attached hydrogen (secondary N) is 1. The molecule has 4 rings (SSSR count). The number of ether oxygens (including phenoxy) is 1. The highest BCUT2D eigenvalue weighted by atomic mass is 32.1. The summed E-state index contributed by atoms with van der Waals surface area (Å²) in [6.45, 7) is 1.85. The van der Waals surface area contributed by atoms with Crippen molar-refractivity contribution in [2.45, 2.75) is 6.92 Å². The van der Waals surface area contributed by atoms with Crippen molar-refractivity contribution in [2.24, 2.45) is 0 Å². The van der Waals surface area contributed by atoms with Gasteiger partial charge >= 0.3 is 0 Å². The first-order valence-corrected chi connectivity index (χ1v) is 9.37. The molecule has 0 aliphatic rings. The minimum Gasteiger partial charge on any atom is -0.495 e. The smallest absolute Gasteiger partial charge is 0.248 e. The van der Waals surface area contributed by atoms with E-state index in [1.165, 1.54) is 17.4 Å². The maximum atomic E-state index is 12.4. The molecule has 7 nitrogen and oxygen atoms in total. The van der Waals surface area contributed by atoms with Gasteiger partial charge in [-0.05, 0) is 36.8 Å². The molecule has 0 spiro atoms. The second-order valence-electron chi connectivity index (χ2n) is 6.00. The van der Waals surface area contributed by atoms with Crippen molar-refractivity contribution >= 4 is 34.0 Å². The van der Waals surface area contributed by atoms with Crippen LogP contribution in [-0.4, -0.2) is 32.8 Å². The normalized spacial score (nSPS) is 11.2. The molecule has 0 fully saturated rings. The molecule has 2 aromatic heterocycles. The van der Waals surface area contributed by atoms with Crippen molar-refractivity contribution in [3.05, 3.63) is 66.0 Å². The van der Waals surface area contributed by atoms with Crippen molar-refractivity contribution < 1.29 is 9.53 Å². The highest BCUT2D eigenvalue weighted by Gasteiger charge is 2.13. The maximum absolute atomic E-state index is 12.4. The van der Waals surface area contributed by atoms with Crippen LogP contribution in [-0.2, 0) is 4.79 Å². The lowest BCUT2D eigenvalue weighted by molar-refractivity contribution is -0.111. The van der Waals surface area contributed by atoms with Gasteiger partial charge in [0.05, 0.1) is 12.8 Å². The number of nitrogens with zero attached hydrogens (tertiary/aromatic N) is 4. The zero-order chi connectivity index (χ0) is 19.5. The van der Waals surface area contributed by atoms with Gasteiger partial charge < -0.3 is 10.1 Å². The molecule has 0 saturated heterocycles. The SMILES string of the molecule is COc1ccc(-c2nn3c(C)nnc3s2)cc1NC(=O)C=Cc1ccccc1. The third kappa shape index (κ3) is 3.63. The lowest BCUT2D eigenvalue weighted by atomic mass is 10.2. The van der Waals surface area contributed by atoms with Crippen molar-refractivity contribution in [1.82, 2.24) is 19.8 Å². The van der Waals surface area contributed by atoms with Crippen LogP contribution in [0.25, 0.3) is 21.6 Å². The third-order valence-electron chi connectivity index (χ3n) is 4.08. The molecule has 140 valence electrons. The Labute approximate surface area is 165 Å². The third-order valence-corrected chi connectivity index (χ3v) is 5.03. The van der Waals surface area contributed by atoms with Crippen LogP contribution in [0, 0.1) is 6.92 Å². The van der Waals surface area contributed by atoms with E-state index in [2.05, 4.69) is 20.6 Å². The molecule has 28 heavy (non-hydrogen) atoms. The summed E-state index contributed by atoms with van der Waals surface area (Å²) in [5.41, 5.74) is 2.39. The van der Waals surface area contributed by atoms with Gasteiger partial charge in [0.25, 0.3) is 0 Å². The minimum atomic E-state index is -0.242. The Hall–Kier alpha value is -3.52. The Bertz CT molecular complexity index is 1160. The van der Waals surface area contributed by atoms with Crippen molar-refractivity contribution in [3.8, 4) is 16.3 Å². The number of methoxy groups -OCH3 is 1. The van der Waals surface area contributed by atoms with E-state index in [0.717, 1.165) is 26.9 Å². The van der Waals surface area contributed by atoms with Crippen LogP contribution in [0.15, 0.2) is 54.6 Å². The molecule has 0 radical (unpaired) electrons. The number of carbonyl (C=O) groups excluding carboxylic acids is 1. The lowest BCUT2D eigenvalue weighted by Gasteiger charge is -2.10. The molecule has 2 aromatic carbocycles. The van der Waals surface area contributed by atoms with Gasteiger partial charge in [0, 0.05) is 11.6 Å². The van der Waals surface area contributed by atoms with E-state index in [1.807, 2.05) is 49.4 Å². The van der Waals surface area contributed by atoms with Crippen LogP contribution in [0.4, 0.5) is 5.69 Å². The van der Waals surface area contributed by atoms with Crippen molar-refractivity contribution in [3.63, 3.8) is 0 Å². The van der Waals surface area contributed by atoms with Gasteiger partial charge in [0.2, 0.25) is 10.9 Å². The van der Waals surface area contributed by atoms with Crippen LogP contribution in [0.1, 0.15) is 11.4 Å². The van der Waals surface area contributed by atoms with Gasteiger partial charge in [0.15, 0.2) is 5.82 Å². The molecular weight excluding hydrogens is 374 g/mol. The van der Waals surface area contributed by atoms with E-state index in [4.69, 9.17) is 4.74 Å². The molecule has 4 aromatic rings. The molecule has 0 atom stereocenters. The highest BCUT2D eigenvalue weighted by Crippen LogP contribution is 2.32. The molecule has 1 N–H and O–H groups in total. The summed E-state index contributed by atoms with van der Waals surface area (Å²) in [6, 6.07) is 15.2. The lowest BCUT2D eigenvalue weighted by Crippen LogP contribution is -2.09. The zero-order valence-corrected chi connectivity index (χ0v) is 16.1. The second kappa shape index (κ2) is 7.61. The van der Waals surface area contributed by atoms with Crippen LogP contribution < -0.4 is 10.1 Å². The molecular formula is C20H17N5O2S. The summed E-state index contributed by atoms with van der Waals surface area (Å²) < 4.78 is 7.08. The molecule has 2 heterocycles. The number of amides is 1. The van der Waals surface area contributed by atoms with Crippen LogP contribution >= 0.6 is 11.3 Å². The monoisotopic (exact) mass is 391 g/mol. The van der Waals surface area contributed by atoms with Gasteiger partial charge in [-0.2, -0.15) is 9.61 Å². The van der Waals surface area contributed by atoms with E-state index < -0.39 is 0 Å². The Morgan fingerprint density at radius 1 is 1.18 bits per heavy atom. The van der Waals surface area contributed by atoms with E-state index in [-0.39, 0.29) is 5.91 Å². The van der Waals surface area contributed by atoms with Gasteiger partial charge in [-0.25, -0.2) is 0 Å². The summed E-state index contributed by atoms with van der Waals surface area (Å²) in [5, 5.41) is 16.3. The van der Waals surface area contributed by atoms with Gasteiger partial charge in [-0.1, -0.05) is 41.7 Å². The molecule has 0 aliphatic heterocycles. The number of hydrogen-bond acceptors (Lipinski definition) is 6. The predicted molar refractivity (Wildman–Crippen MR) is 109 cm³/mol. The molecule has 0 saturated carbocycles. The largest absolute Gasteiger partial charge is 0.495 e. The standard InChI is InChI=1S/C20H17N5O2S/c1-13-22-23-20-25(13)24-19(28-20)15-9-10-17(27-2)16(12-15)21-18(26)11-8-14-6-4-3-5-7-14/h3-12H,1-2H3,(H,21,26). The number of benzene rings is 2. The quantitative estimate of drug-likeness (QED) is 0.523.